The number of aliphatic carboxylic acids is 1. The Balaban J connectivity index is 1.75. The Labute approximate surface area is 149 Å². The largest absolute Gasteiger partial charge is 0.491 e. The average molecular weight is 365 g/mol. The number of thioether (sulfide) groups is 1. The van der Waals surface area contributed by atoms with E-state index in [0.717, 1.165) is 16.5 Å². The summed E-state index contributed by atoms with van der Waals surface area (Å²) in [6.45, 7) is 0.185. The Morgan fingerprint density at radius 2 is 1.83 bits per heavy atom. The molecule has 0 aromatic heterocycles. The molecule has 2 N–H and O–H groups in total. The van der Waals surface area contributed by atoms with Crippen molar-refractivity contribution in [1.82, 2.24) is 0 Å². The van der Waals surface area contributed by atoms with E-state index < -0.39 is 12.1 Å². The van der Waals surface area contributed by atoms with Crippen LogP contribution in [0.2, 0.25) is 5.02 Å². The van der Waals surface area contributed by atoms with Gasteiger partial charge in [-0.2, -0.15) is 0 Å². The fourth-order valence-corrected chi connectivity index (χ4v) is 2.74. The average Bonchev–Trinajstić information content (AvgIpc) is 2.58. The summed E-state index contributed by atoms with van der Waals surface area (Å²) < 4.78 is 5.53. The highest BCUT2D eigenvalue weighted by atomic mass is 35.5. The lowest BCUT2D eigenvalue weighted by atomic mass is 10.2. The molecule has 0 aliphatic rings. The quantitative estimate of drug-likeness (QED) is 0.548. The molecule has 126 valence electrons. The lowest BCUT2D eigenvalue weighted by molar-refractivity contribution is -0.131. The number of hydrogen-bond donors (Lipinski definition) is 2. The first-order valence-electron chi connectivity index (χ1n) is 7.23. The van der Waals surface area contributed by atoms with Crippen molar-refractivity contribution in [2.75, 3.05) is 12.4 Å². The minimum Gasteiger partial charge on any atom is -0.491 e. The third-order valence-corrected chi connectivity index (χ3v) is 4.41. The summed E-state index contributed by atoms with van der Waals surface area (Å²) in [6.07, 6.45) is 1.98. The summed E-state index contributed by atoms with van der Waals surface area (Å²) >= 11 is 7.36. The van der Waals surface area contributed by atoms with Crippen LogP contribution in [0.3, 0.4) is 0 Å². The molecule has 1 atom stereocenters. The van der Waals surface area contributed by atoms with Gasteiger partial charge >= 0.3 is 5.97 Å². The number of ether oxygens (including phenoxy) is 1. The molecule has 0 amide bonds. The van der Waals surface area contributed by atoms with Gasteiger partial charge in [-0.1, -0.05) is 23.7 Å². The van der Waals surface area contributed by atoms with Crippen molar-refractivity contribution in [1.29, 1.82) is 0 Å². The van der Waals surface area contributed by atoms with E-state index in [9.17, 15) is 9.90 Å². The molecule has 0 saturated carbocycles. The predicted molar refractivity (Wildman–Crippen MR) is 96.8 cm³/mol. The predicted octanol–water partition coefficient (Wildman–Crippen LogP) is 3.97. The van der Waals surface area contributed by atoms with Gasteiger partial charge in [0.2, 0.25) is 0 Å². The molecule has 0 bridgehead atoms. The van der Waals surface area contributed by atoms with Crippen LogP contribution in [0.15, 0.2) is 59.5 Å². The van der Waals surface area contributed by atoms with Crippen LogP contribution in [0.1, 0.15) is 5.56 Å². The molecule has 2 aromatic rings. The first-order chi connectivity index (χ1) is 11.5. The third kappa shape index (κ3) is 6.66. The summed E-state index contributed by atoms with van der Waals surface area (Å²) in [5, 5.41) is 19.2. The van der Waals surface area contributed by atoms with Gasteiger partial charge in [-0.25, -0.2) is 4.79 Å². The highest BCUT2D eigenvalue weighted by Gasteiger charge is 2.06. The number of carbonyl (C=O) groups is 1. The van der Waals surface area contributed by atoms with Gasteiger partial charge in [-0.15, -0.1) is 11.8 Å². The van der Waals surface area contributed by atoms with E-state index >= 15 is 0 Å². The van der Waals surface area contributed by atoms with E-state index in [2.05, 4.69) is 0 Å². The van der Waals surface area contributed by atoms with E-state index in [4.69, 9.17) is 21.4 Å². The lowest BCUT2D eigenvalue weighted by Gasteiger charge is -2.12. The fourth-order valence-electron chi connectivity index (χ4n) is 1.81. The molecule has 2 aromatic carbocycles. The molecule has 0 radical (unpaired) electrons. The second-order valence-electron chi connectivity index (χ2n) is 4.97. The second kappa shape index (κ2) is 9.37. The minimum atomic E-state index is -0.989. The molecular weight excluding hydrogens is 348 g/mol. The number of rotatable bonds is 8. The van der Waals surface area contributed by atoms with Gasteiger partial charge in [0.1, 0.15) is 12.4 Å². The molecule has 1 unspecified atom stereocenters. The monoisotopic (exact) mass is 364 g/mol. The van der Waals surface area contributed by atoms with Crippen molar-refractivity contribution < 1.29 is 19.7 Å². The van der Waals surface area contributed by atoms with Crippen LogP contribution in [0, 0.1) is 0 Å². The first-order valence-corrected chi connectivity index (χ1v) is 8.59. The normalized spacial score (nSPS) is 12.2. The molecule has 0 heterocycles. The molecule has 0 fully saturated rings. The number of carboxylic acid groups (broad SMARTS) is 1. The van der Waals surface area contributed by atoms with Crippen molar-refractivity contribution in [2.45, 2.75) is 11.0 Å². The standard InChI is InChI=1S/C18H17ClO4S/c19-14-4-8-17(9-5-14)24-12-15(20)11-23-16-6-1-13(2-7-16)3-10-18(21)22/h1-10,15,20H,11-12H2,(H,21,22). The zero-order valence-corrected chi connectivity index (χ0v) is 14.3. The number of halogens is 1. The van der Waals surface area contributed by atoms with Crippen LogP contribution in [-0.4, -0.2) is 34.6 Å². The van der Waals surface area contributed by atoms with E-state index in [1.54, 1.807) is 24.3 Å². The fraction of sp³-hybridized carbons (Fsp3) is 0.167. The summed E-state index contributed by atoms with van der Waals surface area (Å²) in [5.41, 5.74) is 0.767. The van der Waals surface area contributed by atoms with Gasteiger partial charge in [-0.05, 0) is 48.0 Å². The molecule has 0 saturated heterocycles. The van der Waals surface area contributed by atoms with Crippen molar-refractivity contribution >= 4 is 35.4 Å². The van der Waals surface area contributed by atoms with Gasteiger partial charge in [0.25, 0.3) is 0 Å². The Morgan fingerprint density at radius 3 is 2.46 bits per heavy atom. The Morgan fingerprint density at radius 1 is 1.17 bits per heavy atom. The molecule has 6 heteroatoms. The maximum atomic E-state index is 10.4. The van der Waals surface area contributed by atoms with Gasteiger partial charge in [0.15, 0.2) is 0 Å². The van der Waals surface area contributed by atoms with Crippen LogP contribution in [0.25, 0.3) is 6.08 Å². The van der Waals surface area contributed by atoms with Gasteiger partial charge in [0, 0.05) is 21.7 Å². The van der Waals surface area contributed by atoms with Gasteiger partial charge < -0.3 is 14.9 Å². The molecule has 0 spiro atoms. The number of aliphatic hydroxyl groups is 1. The summed E-state index contributed by atoms with van der Waals surface area (Å²) in [4.78, 5) is 11.5. The molecular formula is C18H17ClO4S. The van der Waals surface area contributed by atoms with Crippen molar-refractivity contribution in [3.8, 4) is 5.75 Å². The van der Waals surface area contributed by atoms with E-state index in [-0.39, 0.29) is 6.61 Å². The number of benzene rings is 2. The SMILES string of the molecule is O=C(O)C=Cc1ccc(OCC(O)CSc2ccc(Cl)cc2)cc1. The molecule has 24 heavy (non-hydrogen) atoms. The topological polar surface area (TPSA) is 66.8 Å². The lowest BCUT2D eigenvalue weighted by Crippen LogP contribution is -2.20. The third-order valence-electron chi connectivity index (χ3n) is 3.00. The molecule has 4 nitrogen and oxygen atoms in total. The molecule has 2 rings (SSSR count). The second-order valence-corrected chi connectivity index (χ2v) is 6.50. The Kier molecular flexibility index (Phi) is 7.18. The van der Waals surface area contributed by atoms with Crippen molar-refractivity contribution in [2.24, 2.45) is 0 Å². The Bertz CT molecular complexity index is 683. The highest BCUT2D eigenvalue weighted by Crippen LogP contribution is 2.21. The first kappa shape index (κ1) is 18.4. The minimum absolute atomic E-state index is 0.185. The van der Waals surface area contributed by atoms with E-state index in [1.807, 2.05) is 24.3 Å². The summed E-state index contributed by atoms with van der Waals surface area (Å²) in [5.74, 6) is 0.149. The van der Waals surface area contributed by atoms with Crippen LogP contribution >= 0.6 is 23.4 Å². The number of aliphatic hydroxyl groups excluding tert-OH is 1. The van der Waals surface area contributed by atoms with Crippen LogP contribution in [0.4, 0.5) is 0 Å². The van der Waals surface area contributed by atoms with Crippen molar-refractivity contribution in [3.05, 3.63) is 65.2 Å². The zero-order chi connectivity index (χ0) is 17.4. The number of carboxylic acids is 1. The van der Waals surface area contributed by atoms with Gasteiger partial charge in [0.05, 0.1) is 6.10 Å². The smallest absolute Gasteiger partial charge is 0.328 e. The van der Waals surface area contributed by atoms with Crippen LogP contribution in [-0.2, 0) is 4.79 Å². The maximum Gasteiger partial charge on any atom is 0.328 e. The molecule has 0 aliphatic heterocycles. The van der Waals surface area contributed by atoms with Crippen LogP contribution < -0.4 is 4.74 Å². The molecule has 0 aliphatic carbocycles. The van der Waals surface area contributed by atoms with Gasteiger partial charge in [-0.3, -0.25) is 0 Å². The zero-order valence-electron chi connectivity index (χ0n) is 12.8. The van der Waals surface area contributed by atoms with Crippen molar-refractivity contribution in [3.63, 3.8) is 0 Å². The maximum absolute atomic E-state index is 10.4. The highest BCUT2D eigenvalue weighted by molar-refractivity contribution is 7.99. The summed E-state index contributed by atoms with van der Waals surface area (Å²) in [7, 11) is 0. The summed E-state index contributed by atoms with van der Waals surface area (Å²) in [6, 6.07) is 14.4. The number of hydrogen-bond acceptors (Lipinski definition) is 4. The van der Waals surface area contributed by atoms with Crippen LogP contribution in [0.5, 0.6) is 5.75 Å². The Hall–Kier alpha value is -1.95. The van der Waals surface area contributed by atoms with E-state index in [0.29, 0.717) is 16.5 Å². The van der Waals surface area contributed by atoms with E-state index in [1.165, 1.54) is 17.8 Å².